The maximum Gasteiger partial charge on any atom is 0.551 e. The summed E-state index contributed by atoms with van der Waals surface area (Å²) >= 11 is 11.8. The quantitative estimate of drug-likeness (QED) is 0.505. The molecular weight excluding hydrogens is 438 g/mol. The molecule has 2 rings (SSSR count). The zero-order valence-electron chi connectivity index (χ0n) is 16.3. The van der Waals surface area contributed by atoms with Crippen molar-refractivity contribution in [2.45, 2.75) is 38.7 Å². The van der Waals surface area contributed by atoms with Crippen LogP contribution in [0.1, 0.15) is 37.0 Å². The lowest BCUT2D eigenvalue weighted by Crippen LogP contribution is -2.56. The normalized spacial score (nSPS) is 17.3. The predicted molar refractivity (Wildman–Crippen MR) is 109 cm³/mol. The van der Waals surface area contributed by atoms with Crippen molar-refractivity contribution in [1.29, 1.82) is 0 Å². The van der Waals surface area contributed by atoms with Gasteiger partial charge in [0, 0.05) is 5.02 Å². The molecule has 1 aliphatic heterocycles. The van der Waals surface area contributed by atoms with E-state index < -0.39 is 49.3 Å². The number of amides is 2. The zero-order valence-corrected chi connectivity index (χ0v) is 17.8. The van der Waals surface area contributed by atoms with Crippen LogP contribution in [0.4, 0.5) is 0 Å². The van der Waals surface area contributed by atoms with Gasteiger partial charge in [0.1, 0.15) is 0 Å². The number of hydrogen-bond donors (Lipinski definition) is 3. The number of carbonyl (C=O) groups excluding carboxylic acids is 3. The molecule has 2 atom stereocenters. The molecule has 3 N–H and O–H groups in total. The number of carboxylic acids is 1. The number of carbonyl (C=O) groups is 4. The van der Waals surface area contributed by atoms with Gasteiger partial charge in [0.15, 0.2) is 6.10 Å². The van der Waals surface area contributed by atoms with Crippen molar-refractivity contribution in [3.05, 3.63) is 33.8 Å². The predicted octanol–water partition coefficient (Wildman–Crippen LogP) is 1.70. The highest BCUT2D eigenvalue weighted by molar-refractivity contribution is 6.50. The van der Waals surface area contributed by atoms with Crippen molar-refractivity contribution in [3.63, 3.8) is 0 Å². The van der Waals surface area contributed by atoms with Crippen molar-refractivity contribution < 1.29 is 33.6 Å². The molecule has 12 heteroatoms. The Balaban J connectivity index is 2.01. The Kier molecular flexibility index (Phi) is 8.51. The second-order valence-corrected chi connectivity index (χ2v) is 7.98. The Labute approximate surface area is 183 Å². The number of aliphatic carboxylic acids is 1. The summed E-state index contributed by atoms with van der Waals surface area (Å²) in [5, 5.41) is 14.7. The van der Waals surface area contributed by atoms with Crippen molar-refractivity contribution in [3.8, 4) is 0 Å². The van der Waals surface area contributed by atoms with Crippen LogP contribution >= 0.6 is 23.2 Å². The molecule has 1 saturated heterocycles. The Hall–Kier alpha value is -2.30. The van der Waals surface area contributed by atoms with Gasteiger partial charge >= 0.3 is 13.1 Å². The Morgan fingerprint density at radius 1 is 1.30 bits per heavy atom. The summed E-state index contributed by atoms with van der Waals surface area (Å²) in [6, 6.07) is 4.37. The first-order valence-electron chi connectivity index (χ1n) is 9.17. The molecule has 9 nitrogen and oxygen atoms in total. The topological polar surface area (TPSA) is 131 Å². The Morgan fingerprint density at radius 3 is 2.63 bits per heavy atom. The summed E-state index contributed by atoms with van der Waals surface area (Å²) in [5.74, 6) is -3.92. The maximum absolute atomic E-state index is 12.4. The van der Waals surface area contributed by atoms with E-state index in [-0.39, 0.29) is 23.0 Å². The van der Waals surface area contributed by atoms with Crippen LogP contribution in [0.15, 0.2) is 18.2 Å². The first-order valence-corrected chi connectivity index (χ1v) is 9.92. The van der Waals surface area contributed by atoms with Gasteiger partial charge in [-0.3, -0.25) is 14.4 Å². The van der Waals surface area contributed by atoms with Crippen LogP contribution in [0.3, 0.4) is 0 Å². The highest BCUT2D eigenvalue weighted by Crippen LogP contribution is 2.20. The molecule has 0 aromatic heterocycles. The number of benzene rings is 1. The Bertz CT molecular complexity index is 837. The molecule has 1 aromatic carbocycles. The SMILES string of the molecule is CC(C)C[C@H](NC(=O)CNC(=O)c1cc(Cl)ccc1Cl)B1OC(=O)C[C@@H](C(=O)O)O1. The highest BCUT2D eigenvalue weighted by Gasteiger charge is 2.44. The van der Waals surface area contributed by atoms with E-state index in [0.717, 1.165) is 0 Å². The van der Waals surface area contributed by atoms with Crippen LogP contribution in [-0.2, 0) is 23.7 Å². The molecule has 2 amide bonds. The van der Waals surface area contributed by atoms with Crippen molar-refractivity contribution in [2.75, 3.05) is 6.54 Å². The minimum absolute atomic E-state index is 0.0719. The van der Waals surface area contributed by atoms with Crippen LogP contribution in [0.25, 0.3) is 0 Å². The molecule has 0 saturated carbocycles. The third kappa shape index (κ3) is 6.89. The second kappa shape index (κ2) is 10.6. The van der Waals surface area contributed by atoms with Crippen LogP contribution in [0.5, 0.6) is 0 Å². The molecular formula is C18H21BCl2N2O7. The lowest BCUT2D eigenvalue weighted by molar-refractivity contribution is -0.157. The number of carboxylic acid groups (broad SMARTS) is 1. The van der Waals surface area contributed by atoms with Crippen LogP contribution in [-0.4, -0.2) is 54.6 Å². The van der Waals surface area contributed by atoms with E-state index in [1.165, 1.54) is 18.2 Å². The van der Waals surface area contributed by atoms with Crippen molar-refractivity contribution >= 4 is 54.1 Å². The van der Waals surface area contributed by atoms with Gasteiger partial charge in [-0.05, 0) is 30.5 Å². The lowest BCUT2D eigenvalue weighted by atomic mass is 9.72. The summed E-state index contributed by atoms with van der Waals surface area (Å²) in [6.07, 6.45) is -1.41. The first kappa shape index (κ1) is 24.0. The molecule has 0 spiro atoms. The minimum Gasteiger partial charge on any atom is -0.508 e. The van der Waals surface area contributed by atoms with Gasteiger partial charge in [0.05, 0.1) is 29.5 Å². The molecule has 30 heavy (non-hydrogen) atoms. The van der Waals surface area contributed by atoms with Crippen molar-refractivity contribution in [2.24, 2.45) is 5.92 Å². The van der Waals surface area contributed by atoms with Gasteiger partial charge in [-0.25, -0.2) is 4.79 Å². The fourth-order valence-electron chi connectivity index (χ4n) is 2.82. The summed E-state index contributed by atoms with van der Waals surface area (Å²) < 4.78 is 10.4. The van der Waals surface area contributed by atoms with Crippen LogP contribution in [0.2, 0.25) is 10.0 Å². The molecule has 162 valence electrons. The Morgan fingerprint density at radius 2 is 2.00 bits per heavy atom. The van der Waals surface area contributed by atoms with Crippen LogP contribution in [0, 0.1) is 5.92 Å². The number of nitrogens with one attached hydrogen (secondary N) is 2. The van der Waals surface area contributed by atoms with E-state index in [0.29, 0.717) is 11.4 Å². The summed E-state index contributed by atoms with van der Waals surface area (Å²) in [4.78, 5) is 47.5. The smallest absolute Gasteiger partial charge is 0.508 e. The molecule has 0 aliphatic carbocycles. The van der Waals surface area contributed by atoms with Gasteiger partial charge in [-0.15, -0.1) is 0 Å². The number of rotatable bonds is 8. The summed E-state index contributed by atoms with van der Waals surface area (Å²) in [7, 11) is -1.25. The standard InChI is InChI=1S/C18H21BCl2N2O7/c1-9(2)5-14(19-29-13(18(27)28)7-16(25)30-19)23-15(24)8-22-17(26)11-6-10(20)3-4-12(11)21/h3-4,6,9,13-14H,5,7-8H2,1-2H3,(H,22,26)(H,23,24)(H,27,28)/t13-,14-/m0/s1. The molecule has 0 radical (unpaired) electrons. The second-order valence-electron chi connectivity index (χ2n) is 7.14. The van der Waals surface area contributed by atoms with Gasteiger partial charge in [-0.2, -0.15) is 0 Å². The monoisotopic (exact) mass is 458 g/mol. The van der Waals surface area contributed by atoms with Gasteiger partial charge in [0.25, 0.3) is 11.9 Å². The number of halogens is 2. The maximum atomic E-state index is 12.4. The third-order valence-corrected chi connectivity index (χ3v) is 4.72. The van der Waals surface area contributed by atoms with E-state index in [4.69, 9.17) is 37.6 Å². The summed E-state index contributed by atoms with van der Waals surface area (Å²) in [6.45, 7) is 3.36. The molecule has 0 unspecified atom stereocenters. The molecule has 1 fully saturated rings. The van der Waals surface area contributed by atoms with Gasteiger partial charge in [0.2, 0.25) is 5.91 Å². The fraction of sp³-hybridized carbons (Fsp3) is 0.444. The lowest BCUT2D eigenvalue weighted by Gasteiger charge is -2.30. The highest BCUT2D eigenvalue weighted by atomic mass is 35.5. The largest absolute Gasteiger partial charge is 0.551 e. The van der Waals surface area contributed by atoms with E-state index in [9.17, 15) is 19.2 Å². The fourth-order valence-corrected chi connectivity index (χ4v) is 3.20. The molecule has 1 aliphatic rings. The van der Waals surface area contributed by atoms with Crippen molar-refractivity contribution in [1.82, 2.24) is 10.6 Å². The molecule has 1 heterocycles. The zero-order chi connectivity index (χ0) is 22.4. The average molecular weight is 459 g/mol. The summed E-state index contributed by atoms with van der Waals surface area (Å²) in [5.41, 5.74) is 0.115. The van der Waals surface area contributed by atoms with Crippen LogP contribution < -0.4 is 10.6 Å². The van der Waals surface area contributed by atoms with E-state index in [1.807, 2.05) is 13.8 Å². The minimum atomic E-state index is -1.35. The molecule has 0 bridgehead atoms. The third-order valence-electron chi connectivity index (χ3n) is 4.16. The van der Waals surface area contributed by atoms with E-state index in [2.05, 4.69) is 10.6 Å². The van der Waals surface area contributed by atoms with Gasteiger partial charge in [-0.1, -0.05) is 37.0 Å². The van der Waals surface area contributed by atoms with E-state index >= 15 is 0 Å². The number of hydrogen-bond acceptors (Lipinski definition) is 6. The molecule has 1 aromatic rings. The average Bonchev–Trinajstić information content (AvgIpc) is 2.66. The first-order chi connectivity index (χ1) is 14.1. The van der Waals surface area contributed by atoms with Gasteiger partial charge < -0.3 is 25.0 Å². The van der Waals surface area contributed by atoms with E-state index in [1.54, 1.807) is 0 Å².